The summed E-state index contributed by atoms with van der Waals surface area (Å²) in [7, 11) is 0. The van der Waals surface area contributed by atoms with Gasteiger partial charge in [-0.1, -0.05) is 34.1 Å². The maximum atomic E-state index is 13.7. The van der Waals surface area contributed by atoms with Crippen molar-refractivity contribution < 1.29 is 4.39 Å². The highest BCUT2D eigenvalue weighted by atomic mass is 79.9. The highest BCUT2D eigenvalue weighted by molar-refractivity contribution is 9.10. The fraction of sp³-hybridized carbons (Fsp3) is 0.250. The molecule has 0 saturated heterocycles. The molecule has 3 heteroatoms. The third-order valence-corrected chi connectivity index (χ3v) is 4.07. The Kier molecular flexibility index (Phi) is 4.32. The third-order valence-electron chi connectivity index (χ3n) is 3.11. The van der Waals surface area contributed by atoms with Crippen molar-refractivity contribution in [1.29, 1.82) is 0 Å². The molecule has 0 amide bonds. The number of alkyl halides is 1. The van der Waals surface area contributed by atoms with E-state index in [-0.39, 0.29) is 11.2 Å². The molecule has 0 saturated carbocycles. The number of hydrogen-bond donors (Lipinski definition) is 0. The number of aryl methyl sites for hydroxylation is 3. The molecule has 19 heavy (non-hydrogen) atoms. The van der Waals surface area contributed by atoms with Gasteiger partial charge in [0.2, 0.25) is 0 Å². The van der Waals surface area contributed by atoms with Crippen LogP contribution in [-0.2, 0) is 0 Å². The van der Waals surface area contributed by atoms with Gasteiger partial charge in [-0.2, -0.15) is 0 Å². The third kappa shape index (κ3) is 3.18. The lowest BCUT2D eigenvalue weighted by Gasteiger charge is -2.14. The van der Waals surface area contributed by atoms with E-state index in [9.17, 15) is 4.39 Å². The van der Waals surface area contributed by atoms with Crippen LogP contribution in [0.25, 0.3) is 0 Å². The average Bonchev–Trinajstić information content (AvgIpc) is 2.33. The molecule has 0 bridgehead atoms. The van der Waals surface area contributed by atoms with E-state index >= 15 is 0 Å². The van der Waals surface area contributed by atoms with Crippen molar-refractivity contribution in [2.75, 3.05) is 0 Å². The first-order valence-electron chi connectivity index (χ1n) is 6.06. The minimum atomic E-state index is -0.269. The van der Waals surface area contributed by atoms with E-state index in [2.05, 4.69) is 22.0 Å². The number of benzene rings is 2. The summed E-state index contributed by atoms with van der Waals surface area (Å²) in [5, 5.41) is -0.269. The monoisotopic (exact) mass is 340 g/mol. The standard InChI is InChI=1S/C16H15BrClF/c1-9-4-12(8-14(17)5-9)15(18)13-6-10(2)16(19)11(3)7-13/h4-8,15H,1-3H3. The van der Waals surface area contributed by atoms with Crippen molar-refractivity contribution >= 4 is 27.5 Å². The lowest BCUT2D eigenvalue weighted by molar-refractivity contribution is 0.608. The zero-order chi connectivity index (χ0) is 14.2. The summed E-state index contributed by atoms with van der Waals surface area (Å²) in [6, 6.07) is 9.72. The molecule has 0 spiro atoms. The van der Waals surface area contributed by atoms with Crippen molar-refractivity contribution in [3.63, 3.8) is 0 Å². The van der Waals surface area contributed by atoms with Crippen molar-refractivity contribution in [3.8, 4) is 0 Å². The molecule has 1 unspecified atom stereocenters. The van der Waals surface area contributed by atoms with Crippen molar-refractivity contribution in [1.82, 2.24) is 0 Å². The van der Waals surface area contributed by atoms with Gasteiger partial charge in [0.1, 0.15) is 5.82 Å². The summed E-state index contributed by atoms with van der Waals surface area (Å²) in [6.45, 7) is 5.56. The van der Waals surface area contributed by atoms with E-state index in [1.165, 1.54) is 0 Å². The SMILES string of the molecule is Cc1cc(Br)cc(C(Cl)c2cc(C)c(F)c(C)c2)c1. The van der Waals surface area contributed by atoms with E-state index in [1.807, 2.05) is 31.2 Å². The fourth-order valence-electron chi connectivity index (χ4n) is 2.23. The second kappa shape index (κ2) is 5.64. The van der Waals surface area contributed by atoms with Crippen LogP contribution in [0.5, 0.6) is 0 Å². The van der Waals surface area contributed by atoms with E-state index in [0.717, 1.165) is 21.2 Å². The number of hydrogen-bond acceptors (Lipinski definition) is 0. The van der Waals surface area contributed by atoms with Crippen LogP contribution in [0.4, 0.5) is 4.39 Å². The minimum absolute atomic E-state index is 0.155. The second-order valence-corrected chi connectivity index (χ2v) is 6.25. The summed E-state index contributed by atoms with van der Waals surface area (Å²) < 4.78 is 14.7. The van der Waals surface area contributed by atoms with Crippen LogP contribution < -0.4 is 0 Å². The molecule has 2 rings (SSSR count). The molecule has 2 aromatic carbocycles. The number of halogens is 3. The van der Waals surface area contributed by atoms with Gasteiger partial charge in [-0.25, -0.2) is 4.39 Å². The van der Waals surface area contributed by atoms with Crippen LogP contribution in [0.2, 0.25) is 0 Å². The molecule has 1 atom stereocenters. The van der Waals surface area contributed by atoms with E-state index in [0.29, 0.717) is 11.1 Å². The Morgan fingerprint density at radius 2 is 1.47 bits per heavy atom. The topological polar surface area (TPSA) is 0 Å². The average molecular weight is 342 g/mol. The van der Waals surface area contributed by atoms with Crippen LogP contribution in [0, 0.1) is 26.6 Å². The van der Waals surface area contributed by atoms with Gasteiger partial charge in [0.05, 0.1) is 5.38 Å². The Morgan fingerprint density at radius 3 is 2.00 bits per heavy atom. The zero-order valence-corrected chi connectivity index (χ0v) is 13.4. The van der Waals surface area contributed by atoms with Gasteiger partial charge in [0.15, 0.2) is 0 Å². The molecule has 100 valence electrons. The summed E-state index contributed by atoms with van der Waals surface area (Å²) >= 11 is 10.0. The predicted octanol–water partition coefficient (Wildman–Crippen LogP) is 5.84. The summed E-state index contributed by atoms with van der Waals surface area (Å²) in [5.41, 5.74) is 4.35. The van der Waals surface area contributed by atoms with Gasteiger partial charge in [-0.3, -0.25) is 0 Å². The zero-order valence-electron chi connectivity index (χ0n) is 11.1. The first-order valence-corrected chi connectivity index (χ1v) is 7.29. The van der Waals surface area contributed by atoms with E-state index in [1.54, 1.807) is 13.8 Å². The molecule has 2 aromatic rings. The van der Waals surface area contributed by atoms with Gasteiger partial charge in [-0.15, -0.1) is 11.6 Å². The normalized spacial score (nSPS) is 12.5. The van der Waals surface area contributed by atoms with Crippen LogP contribution in [-0.4, -0.2) is 0 Å². The van der Waals surface area contributed by atoms with Crippen LogP contribution in [0.15, 0.2) is 34.8 Å². The van der Waals surface area contributed by atoms with E-state index < -0.39 is 0 Å². The Morgan fingerprint density at radius 1 is 0.947 bits per heavy atom. The molecule has 0 aromatic heterocycles. The van der Waals surface area contributed by atoms with E-state index in [4.69, 9.17) is 11.6 Å². The lowest BCUT2D eigenvalue weighted by atomic mass is 9.99. The fourth-order valence-corrected chi connectivity index (χ4v) is 3.11. The van der Waals surface area contributed by atoms with Gasteiger partial charge in [0.25, 0.3) is 0 Å². The van der Waals surface area contributed by atoms with Gasteiger partial charge >= 0.3 is 0 Å². The summed E-state index contributed by atoms with van der Waals surface area (Å²) in [6.07, 6.45) is 0. The summed E-state index contributed by atoms with van der Waals surface area (Å²) in [5.74, 6) is -0.155. The molecular formula is C16H15BrClF. The lowest BCUT2D eigenvalue weighted by Crippen LogP contribution is -1.98. The quantitative estimate of drug-likeness (QED) is 0.602. The maximum absolute atomic E-state index is 13.7. The Bertz CT molecular complexity index is 579. The Labute approximate surface area is 126 Å². The number of rotatable bonds is 2. The smallest absolute Gasteiger partial charge is 0.129 e. The first kappa shape index (κ1) is 14.5. The predicted molar refractivity (Wildman–Crippen MR) is 82.4 cm³/mol. The van der Waals surface area contributed by atoms with Crippen molar-refractivity contribution in [3.05, 3.63) is 68.4 Å². The molecule has 0 aliphatic carbocycles. The first-order chi connectivity index (χ1) is 8.88. The molecule has 0 nitrogen and oxygen atoms in total. The minimum Gasteiger partial charge on any atom is -0.206 e. The van der Waals surface area contributed by atoms with Gasteiger partial charge in [-0.05, 0) is 60.7 Å². The van der Waals surface area contributed by atoms with Crippen molar-refractivity contribution in [2.45, 2.75) is 26.1 Å². The van der Waals surface area contributed by atoms with Crippen LogP contribution in [0.3, 0.4) is 0 Å². The second-order valence-electron chi connectivity index (χ2n) is 4.89. The molecule has 0 aliphatic rings. The van der Waals surface area contributed by atoms with Crippen LogP contribution in [0.1, 0.15) is 33.2 Å². The summed E-state index contributed by atoms with van der Waals surface area (Å²) in [4.78, 5) is 0. The van der Waals surface area contributed by atoms with Gasteiger partial charge < -0.3 is 0 Å². The Hall–Kier alpha value is -0.860. The molecular weight excluding hydrogens is 327 g/mol. The molecule has 0 fully saturated rings. The van der Waals surface area contributed by atoms with Crippen LogP contribution >= 0.6 is 27.5 Å². The largest absolute Gasteiger partial charge is 0.206 e. The molecule has 0 N–H and O–H groups in total. The maximum Gasteiger partial charge on any atom is 0.129 e. The highest BCUT2D eigenvalue weighted by Gasteiger charge is 2.14. The van der Waals surface area contributed by atoms with Crippen molar-refractivity contribution in [2.24, 2.45) is 0 Å². The van der Waals surface area contributed by atoms with Gasteiger partial charge in [0, 0.05) is 4.47 Å². The molecule has 0 aliphatic heterocycles. The Balaban J connectivity index is 2.46. The molecule has 0 heterocycles. The highest BCUT2D eigenvalue weighted by Crippen LogP contribution is 2.33. The molecule has 0 radical (unpaired) electrons.